The molecule has 1 aliphatic heterocycles. The van der Waals surface area contributed by atoms with Gasteiger partial charge in [0.15, 0.2) is 17.3 Å². The van der Waals surface area contributed by atoms with Crippen LogP contribution in [0.1, 0.15) is 26.3 Å². The fourth-order valence-electron chi connectivity index (χ4n) is 3.07. The van der Waals surface area contributed by atoms with Crippen LogP contribution in [0, 0.1) is 0 Å². The monoisotopic (exact) mass is 480 g/mol. The van der Waals surface area contributed by atoms with E-state index in [0.29, 0.717) is 28.4 Å². The van der Waals surface area contributed by atoms with E-state index in [1.807, 2.05) is 24.3 Å². The Balaban J connectivity index is 1.53. The van der Waals surface area contributed by atoms with Gasteiger partial charge in [-0.25, -0.2) is 4.79 Å². The summed E-state index contributed by atoms with van der Waals surface area (Å²) in [7, 11) is 3.00. The molecule has 0 fully saturated rings. The zero-order valence-corrected chi connectivity index (χ0v) is 18.3. The molecule has 1 heterocycles. The van der Waals surface area contributed by atoms with Crippen LogP contribution in [0.4, 0.5) is 0 Å². The molecule has 1 aliphatic rings. The largest absolute Gasteiger partial charge is 0.493 e. The highest BCUT2D eigenvalue weighted by molar-refractivity contribution is 9.10. The third kappa shape index (κ3) is 4.32. The first kappa shape index (κ1) is 20.7. The number of hydrogen-bond acceptors (Lipinski definition) is 6. The third-order valence-electron chi connectivity index (χ3n) is 4.64. The molecule has 156 valence electrons. The number of allylic oxidation sites excluding steroid dienone is 1. The number of fused-ring (bicyclic) bond motifs is 1. The predicted molar refractivity (Wildman–Crippen MR) is 118 cm³/mol. The lowest BCUT2D eigenvalue weighted by molar-refractivity contribution is 0.0734. The number of halogens is 1. The van der Waals surface area contributed by atoms with Crippen LogP contribution < -0.4 is 18.9 Å². The van der Waals surface area contributed by atoms with Gasteiger partial charge in [0.1, 0.15) is 11.5 Å². The zero-order chi connectivity index (χ0) is 22.0. The number of ether oxygens (including phenoxy) is 4. The molecule has 0 aliphatic carbocycles. The van der Waals surface area contributed by atoms with Gasteiger partial charge in [-0.1, -0.05) is 28.1 Å². The molecule has 0 N–H and O–H groups in total. The molecule has 0 saturated heterocycles. The molecule has 0 amide bonds. The Kier molecular flexibility index (Phi) is 5.77. The average Bonchev–Trinajstić information content (AvgIpc) is 3.09. The van der Waals surface area contributed by atoms with Gasteiger partial charge in [-0.05, 0) is 54.1 Å². The van der Waals surface area contributed by atoms with Crippen LogP contribution in [-0.2, 0) is 0 Å². The first-order chi connectivity index (χ1) is 15.0. The number of carbonyl (C=O) groups excluding carboxylic acids is 2. The maximum absolute atomic E-state index is 12.6. The maximum Gasteiger partial charge on any atom is 0.343 e. The van der Waals surface area contributed by atoms with Crippen LogP contribution in [-0.4, -0.2) is 26.0 Å². The topological polar surface area (TPSA) is 71.1 Å². The molecule has 0 spiro atoms. The summed E-state index contributed by atoms with van der Waals surface area (Å²) in [6.45, 7) is 0. The van der Waals surface area contributed by atoms with Crippen molar-refractivity contribution in [3.8, 4) is 23.0 Å². The van der Waals surface area contributed by atoms with E-state index in [1.54, 1.807) is 30.3 Å². The average molecular weight is 481 g/mol. The lowest BCUT2D eigenvalue weighted by Gasteiger charge is -2.10. The summed E-state index contributed by atoms with van der Waals surface area (Å²) in [6.07, 6.45) is 1.67. The van der Waals surface area contributed by atoms with E-state index in [9.17, 15) is 9.59 Å². The van der Waals surface area contributed by atoms with E-state index in [0.717, 1.165) is 10.0 Å². The van der Waals surface area contributed by atoms with Gasteiger partial charge in [-0.15, -0.1) is 0 Å². The van der Waals surface area contributed by atoms with Gasteiger partial charge in [0.05, 0.1) is 25.3 Å². The van der Waals surface area contributed by atoms with E-state index in [1.165, 1.54) is 26.4 Å². The van der Waals surface area contributed by atoms with Crippen molar-refractivity contribution in [3.63, 3.8) is 0 Å². The van der Waals surface area contributed by atoms with Gasteiger partial charge in [0.2, 0.25) is 5.78 Å². The molecule has 4 rings (SSSR count). The smallest absolute Gasteiger partial charge is 0.343 e. The van der Waals surface area contributed by atoms with Gasteiger partial charge in [-0.2, -0.15) is 0 Å². The fraction of sp³-hybridized carbons (Fsp3) is 0.0833. The van der Waals surface area contributed by atoms with E-state index in [4.69, 9.17) is 18.9 Å². The Morgan fingerprint density at radius 1 is 0.935 bits per heavy atom. The summed E-state index contributed by atoms with van der Waals surface area (Å²) < 4.78 is 22.5. The first-order valence-corrected chi connectivity index (χ1v) is 10.1. The summed E-state index contributed by atoms with van der Waals surface area (Å²) >= 11 is 3.38. The lowest BCUT2D eigenvalue weighted by atomic mass is 10.1. The first-order valence-electron chi connectivity index (χ1n) is 9.26. The second-order valence-corrected chi connectivity index (χ2v) is 7.52. The van der Waals surface area contributed by atoms with Crippen LogP contribution in [0.15, 0.2) is 70.9 Å². The number of Topliss-reactive ketones (excluding diaryl/α,β-unsaturated/α-hetero) is 1. The maximum atomic E-state index is 12.6. The molecule has 0 unspecified atom stereocenters. The normalized spacial score (nSPS) is 13.5. The number of rotatable bonds is 5. The van der Waals surface area contributed by atoms with Crippen molar-refractivity contribution < 1.29 is 28.5 Å². The molecule has 0 atom stereocenters. The van der Waals surface area contributed by atoms with Gasteiger partial charge in [0, 0.05) is 10.5 Å². The number of carbonyl (C=O) groups is 2. The Hall–Kier alpha value is -3.58. The molecule has 6 nitrogen and oxygen atoms in total. The number of methoxy groups -OCH3 is 2. The van der Waals surface area contributed by atoms with Crippen molar-refractivity contribution in [1.82, 2.24) is 0 Å². The molecule has 0 aromatic heterocycles. The van der Waals surface area contributed by atoms with Gasteiger partial charge in [-0.3, -0.25) is 4.79 Å². The minimum absolute atomic E-state index is 0.209. The van der Waals surface area contributed by atoms with Gasteiger partial charge in [0.25, 0.3) is 0 Å². The molecule has 0 bridgehead atoms. The summed E-state index contributed by atoms with van der Waals surface area (Å²) in [6, 6.07) is 16.9. The van der Waals surface area contributed by atoms with E-state index >= 15 is 0 Å². The Labute approximate surface area is 187 Å². The quantitative estimate of drug-likeness (QED) is 0.280. The van der Waals surface area contributed by atoms with Crippen LogP contribution in [0.3, 0.4) is 0 Å². The summed E-state index contributed by atoms with van der Waals surface area (Å²) in [4.78, 5) is 25.2. The predicted octanol–water partition coefficient (Wildman–Crippen LogP) is 5.30. The van der Waals surface area contributed by atoms with Crippen molar-refractivity contribution >= 4 is 33.8 Å². The second-order valence-electron chi connectivity index (χ2n) is 6.61. The van der Waals surface area contributed by atoms with Crippen molar-refractivity contribution in [2.24, 2.45) is 0 Å². The summed E-state index contributed by atoms with van der Waals surface area (Å²) in [5, 5.41) is 0. The van der Waals surface area contributed by atoms with Crippen molar-refractivity contribution in [2.75, 3.05) is 14.2 Å². The van der Waals surface area contributed by atoms with E-state index < -0.39 is 5.97 Å². The SMILES string of the molecule is COc1ccc(C(=O)Oc2ccc3c(c2)OC(=Cc2ccc(Br)cc2)C3=O)cc1OC. The molecule has 0 radical (unpaired) electrons. The van der Waals surface area contributed by atoms with Crippen molar-refractivity contribution in [2.45, 2.75) is 0 Å². The van der Waals surface area contributed by atoms with Crippen LogP contribution >= 0.6 is 15.9 Å². The molecular weight excluding hydrogens is 464 g/mol. The van der Waals surface area contributed by atoms with Crippen LogP contribution in [0.2, 0.25) is 0 Å². The summed E-state index contributed by atoms with van der Waals surface area (Å²) in [5.41, 5.74) is 1.54. The fourth-order valence-corrected chi connectivity index (χ4v) is 3.33. The minimum atomic E-state index is -0.573. The highest BCUT2D eigenvalue weighted by atomic mass is 79.9. The van der Waals surface area contributed by atoms with Crippen LogP contribution in [0.5, 0.6) is 23.0 Å². The van der Waals surface area contributed by atoms with E-state index in [2.05, 4.69) is 15.9 Å². The van der Waals surface area contributed by atoms with E-state index in [-0.39, 0.29) is 17.3 Å². The number of benzene rings is 3. The Morgan fingerprint density at radius 2 is 1.68 bits per heavy atom. The minimum Gasteiger partial charge on any atom is -0.493 e. The molecule has 0 saturated carbocycles. The number of hydrogen-bond donors (Lipinski definition) is 0. The highest BCUT2D eigenvalue weighted by Gasteiger charge is 2.28. The standard InChI is InChI=1S/C24H17BrO6/c1-28-19-10-5-15(12-21(19)29-2)24(27)30-17-8-9-18-20(13-17)31-22(23(18)26)11-14-3-6-16(25)7-4-14/h3-13H,1-2H3. The third-order valence-corrected chi connectivity index (χ3v) is 5.17. The zero-order valence-electron chi connectivity index (χ0n) is 16.7. The molecule has 3 aromatic carbocycles. The highest BCUT2D eigenvalue weighted by Crippen LogP contribution is 2.35. The molecule has 7 heteroatoms. The Morgan fingerprint density at radius 3 is 2.39 bits per heavy atom. The molecule has 3 aromatic rings. The molecule has 31 heavy (non-hydrogen) atoms. The number of esters is 1. The van der Waals surface area contributed by atoms with Crippen molar-refractivity contribution in [1.29, 1.82) is 0 Å². The Bertz CT molecular complexity index is 1200. The molecular formula is C24H17BrO6. The second kappa shape index (κ2) is 8.65. The van der Waals surface area contributed by atoms with Crippen molar-refractivity contribution in [3.05, 3.63) is 87.6 Å². The van der Waals surface area contributed by atoms with Crippen LogP contribution in [0.25, 0.3) is 6.08 Å². The van der Waals surface area contributed by atoms with Gasteiger partial charge >= 0.3 is 5.97 Å². The number of ketones is 1. The lowest BCUT2D eigenvalue weighted by Crippen LogP contribution is -2.09. The van der Waals surface area contributed by atoms with Gasteiger partial charge < -0.3 is 18.9 Å². The summed E-state index contributed by atoms with van der Waals surface area (Å²) in [5.74, 6) is 0.936.